The van der Waals surface area contributed by atoms with Crippen LogP contribution in [0.4, 0.5) is 14.7 Å². The molecule has 1 N–H and O–H groups in total. The molecule has 6 nitrogen and oxygen atoms in total. The molecule has 27 heavy (non-hydrogen) atoms. The zero-order chi connectivity index (χ0) is 18.8. The van der Waals surface area contributed by atoms with Gasteiger partial charge in [0.05, 0.1) is 0 Å². The second-order valence-electron chi connectivity index (χ2n) is 6.50. The molecule has 138 valence electrons. The lowest BCUT2D eigenvalue weighted by Crippen LogP contribution is -2.42. The molecule has 3 aromatic rings. The molecule has 0 saturated carbocycles. The lowest BCUT2D eigenvalue weighted by molar-refractivity contribution is -0.123. The number of nitrogens with one attached hydrogen (secondary N) is 1. The number of pyridine rings is 1. The standard InChI is InChI=1S/C19H17F2N5O/c20-15-4-3-12(11-16(15)21)10-14-2-1-9-26(18(14)27)19-23-17(24-25-19)13-5-7-22-8-6-13/h3-8,11,14H,1-2,9-10H2,(H,23,24,25)/t14-/m0/s1. The molecule has 0 spiro atoms. The van der Waals surface area contributed by atoms with Gasteiger partial charge in [-0.05, 0) is 49.1 Å². The van der Waals surface area contributed by atoms with Crippen molar-refractivity contribution in [2.45, 2.75) is 19.3 Å². The Bertz CT molecular complexity index is 960. The van der Waals surface area contributed by atoms with Gasteiger partial charge in [0.2, 0.25) is 11.9 Å². The van der Waals surface area contributed by atoms with Crippen LogP contribution in [0.2, 0.25) is 0 Å². The van der Waals surface area contributed by atoms with Gasteiger partial charge >= 0.3 is 0 Å². The van der Waals surface area contributed by atoms with Crippen molar-refractivity contribution in [3.8, 4) is 11.4 Å². The molecule has 0 unspecified atom stereocenters. The summed E-state index contributed by atoms with van der Waals surface area (Å²) in [5.41, 5.74) is 1.40. The Labute approximate surface area is 154 Å². The minimum Gasteiger partial charge on any atom is -0.281 e. The lowest BCUT2D eigenvalue weighted by atomic mass is 9.90. The van der Waals surface area contributed by atoms with Crippen LogP contribution in [0.25, 0.3) is 11.4 Å². The molecule has 1 atom stereocenters. The molecule has 0 radical (unpaired) electrons. The number of amides is 1. The van der Waals surface area contributed by atoms with Crippen LogP contribution in [0.1, 0.15) is 18.4 Å². The van der Waals surface area contributed by atoms with Crippen molar-refractivity contribution in [3.05, 3.63) is 59.9 Å². The number of rotatable bonds is 4. The molecular weight excluding hydrogens is 352 g/mol. The van der Waals surface area contributed by atoms with E-state index in [0.29, 0.717) is 36.7 Å². The van der Waals surface area contributed by atoms with Crippen LogP contribution in [-0.4, -0.2) is 32.6 Å². The lowest BCUT2D eigenvalue weighted by Gasteiger charge is -2.30. The van der Waals surface area contributed by atoms with Crippen LogP contribution in [-0.2, 0) is 11.2 Å². The zero-order valence-corrected chi connectivity index (χ0v) is 14.4. The summed E-state index contributed by atoms with van der Waals surface area (Å²) in [6.45, 7) is 0.540. The van der Waals surface area contributed by atoms with Gasteiger partial charge in [-0.15, -0.1) is 0 Å². The summed E-state index contributed by atoms with van der Waals surface area (Å²) >= 11 is 0. The van der Waals surface area contributed by atoms with Gasteiger partial charge in [0.15, 0.2) is 17.5 Å². The van der Waals surface area contributed by atoms with E-state index in [0.717, 1.165) is 24.1 Å². The molecule has 1 aliphatic rings. The van der Waals surface area contributed by atoms with Crippen LogP contribution >= 0.6 is 0 Å². The number of aromatic nitrogens is 4. The Morgan fingerprint density at radius 1 is 1.15 bits per heavy atom. The maximum absolute atomic E-state index is 13.4. The minimum absolute atomic E-state index is 0.0941. The Balaban J connectivity index is 1.52. The Kier molecular flexibility index (Phi) is 4.62. The summed E-state index contributed by atoms with van der Waals surface area (Å²) in [6, 6.07) is 7.33. The van der Waals surface area contributed by atoms with Gasteiger partial charge in [0.25, 0.3) is 0 Å². The maximum Gasteiger partial charge on any atom is 0.232 e. The molecule has 1 saturated heterocycles. The third-order valence-corrected chi connectivity index (χ3v) is 4.68. The van der Waals surface area contributed by atoms with Crippen molar-refractivity contribution in [2.24, 2.45) is 5.92 Å². The monoisotopic (exact) mass is 369 g/mol. The fraction of sp³-hybridized carbons (Fsp3) is 0.263. The van der Waals surface area contributed by atoms with Crippen molar-refractivity contribution in [3.63, 3.8) is 0 Å². The maximum atomic E-state index is 13.4. The molecule has 4 rings (SSSR count). The first-order valence-electron chi connectivity index (χ1n) is 8.70. The molecule has 1 aromatic carbocycles. The van der Waals surface area contributed by atoms with E-state index in [-0.39, 0.29) is 11.8 Å². The molecule has 1 aliphatic heterocycles. The predicted molar refractivity (Wildman–Crippen MR) is 94.8 cm³/mol. The summed E-state index contributed by atoms with van der Waals surface area (Å²) in [6.07, 6.45) is 5.15. The number of carbonyl (C=O) groups excluding carboxylic acids is 1. The summed E-state index contributed by atoms with van der Waals surface area (Å²) in [4.78, 5) is 22.8. The number of hydrogen-bond acceptors (Lipinski definition) is 4. The van der Waals surface area contributed by atoms with E-state index < -0.39 is 11.6 Å². The topological polar surface area (TPSA) is 74.8 Å². The largest absolute Gasteiger partial charge is 0.281 e. The van der Waals surface area contributed by atoms with Crippen LogP contribution in [0.5, 0.6) is 0 Å². The van der Waals surface area contributed by atoms with Crippen molar-refractivity contribution >= 4 is 11.9 Å². The molecule has 0 aliphatic carbocycles. The molecule has 1 fully saturated rings. The van der Waals surface area contributed by atoms with Gasteiger partial charge in [-0.1, -0.05) is 6.07 Å². The summed E-state index contributed by atoms with van der Waals surface area (Å²) in [7, 11) is 0. The normalized spacial score (nSPS) is 17.3. The van der Waals surface area contributed by atoms with Crippen molar-refractivity contribution < 1.29 is 13.6 Å². The highest BCUT2D eigenvalue weighted by Crippen LogP contribution is 2.26. The van der Waals surface area contributed by atoms with E-state index >= 15 is 0 Å². The Hall–Kier alpha value is -3.16. The highest BCUT2D eigenvalue weighted by molar-refractivity contribution is 5.94. The average Bonchev–Trinajstić information content (AvgIpc) is 3.17. The summed E-state index contributed by atoms with van der Waals surface area (Å²) in [5, 5.41) is 7.00. The van der Waals surface area contributed by atoms with E-state index in [1.54, 1.807) is 29.4 Å². The van der Waals surface area contributed by atoms with E-state index in [2.05, 4.69) is 20.2 Å². The molecule has 0 bridgehead atoms. The molecular formula is C19H17F2N5O. The summed E-state index contributed by atoms with van der Waals surface area (Å²) in [5.74, 6) is -1.31. The Morgan fingerprint density at radius 3 is 2.74 bits per heavy atom. The molecule has 3 heterocycles. The second-order valence-corrected chi connectivity index (χ2v) is 6.50. The van der Waals surface area contributed by atoms with Gasteiger partial charge in [0, 0.05) is 30.4 Å². The number of halogens is 2. The van der Waals surface area contributed by atoms with E-state index in [4.69, 9.17) is 0 Å². The fourth-order valence-corrected chi connectivity index (χ4v) is 3.30. The van der Waals surface area contributed by atoms with Crippen LogP contribution in [0, 0.1) is 17.6 Å². The van der Waals surface area contributed by atoms with Gasteiger partial charge in [-0.2, -0.15) is 10.1 Å². The number of H-pyrrole nitrogens is 1. The Morgan fingerprint density at radius 2 is 1.96 bits per heavy atom. The fourth-order valence-electron chi connectivity index (χ4n) is 3.30. The van der Waals surface area contributed by atoms with Crippen LogP contribution < -0.4 is 4.90 Å². The van der Waals surface area contributed by atoms with Gasteiger partial charge < -0.3 is 0 Å². The third kappa shape index (κ3) is 3.55. The number of nitrogens with zero attached hydrogens (tertiary/aromatic N) is 4. The summed E-state index contributed by atoms with van der Waals surface area (Å²) < 4.78 is 26.5. The first-order chi connectivity index (χ1) is 13.1. The number of hydrogen-bond donors (Lipinski definition) is 1. The van der Waals surface area contributed by atoms with E-state index in [1.165, 1.54) is 6.07 Å². The number of benzene rings is 1. The van der Waals surface area contributed by atoms with Gasteiger partial charge in [-0.25, -0.2) is 13.9 Å². The first kappa shape index (κ1) is 17.3. The third-order valence-electron chi connectivity index (χ3n) is 4.68. The quantitative estimate of drug-likeness (QED) is 0.767. The van der Waals surface area contributed by atoms with Crippen LogP contribution in [0.3, 0.4) is 0 Å². The smallest absolute Gasteiger partial charge is 0.232 e. The van der Waals surface area contributed by atoms with Gasteiger partial charge in [0.1, 0.15) is 0 Å². The highest BCUT2D eigenvalue weighted by atomic mass is 19.2. The molecule has 8 heteroatoms. The zero-order valence-electron chi connectivity index (χ0n) is 14.4. The van der Waals surface area contributed by atoms with Crippen molar-refractivity contribution in [2.75, 3.05) is 11.4 Å². The average molecular weight is 369 g/mol. The minimum atomic E-state index is -0.898. The van der Waals surface area contributed by atoms with E-state index in [1.807, 2.05) is 0 Å². The number of aromatic amines is 1. The second kappa shape index (κ2) is 7.22. The van der Waals surface area contributed by atoms with Crippen molar-refractivity contribution in [1.29, 1.82) is 0 Å². The number of carbonyl (C=O) groups is 1. The first-order valence-corrected chi connectivity index (χ1v) is 8.70. The van der Waals surface area contributed by atoms with Crippen molar-refractivity contribution in [1.82, 2.24) is 20.2 Å². The number of anilines is 1. The SMILES string of the molecule is O=C1[C@H](Cc2ccc(F)c(F)c2)CCCN1c1nc(-c2ccncc2)n[nH]1. The van der Waals surface area contributed by atoms with Crippen LogP contribution in [0.15, 0.2) is 42.7 Å². The highest BCUT2D eigenvalue weighted by Gasteiger charge is 2.31. The van der Waals surface area contributed by atoms with E-state index in [9.17, 15) is 13.6 Å². The molecule has 1 amide bonds. The van der Waals surface area contributed by atoms with Gasteiger partial charge in [-0.3, -0.25) is 14.7 Å². The molecule has 2 aromatic heterocycles. The predicted octanol–water partition coefficient (Wildman–Crippen LogP) is 3.13. The number of piperidine rings is 1.